The van der Waals surface area contributed by atoms with Crippen LogP contribution in [-0.4, -0.2) is 23.2 Å². The Morgan fingerprint density at radius 1 is 1.29 bits per heavy atom. The highest BCUT2D eigenvalue weighted by molar-refractivity contribution is 7.98. The third kappa shape index (κ3) is 4.45. The highest BCUT2D eigenvalue weighted by Gasteiger charge is 2.27. The number of nitrogens with one attached hydrogen (secondary N) is 1. The number of carbonyl (C=O) groups is 1. The van der Waals surface area contributed by atoms with Crippen molar-refractivity contribution in [3.8, 4) is 0 Å². The van der Waals surface area contributed by atoms with Gasteiger partial charge in [0.25, 0.3) is 5.91 Å². The predicted octanol–water partition coefficient (Wildman–Crippen LogP) is 3.37. The summed E-state index contributed by atoms with van der Waals surface area (Å²) in [6, 6.07) is 7.41. The van der Waals surface area contributed by atoms with Gasteiger partial charge in [-0.15, -0.1) is 11.8 Å². The van der Waals surface area contributed by atoms with Crippen LogP contribution in [0.15, 0.2) is 29.2 Å². The normalized spacial score (nSPS) is 17.2. The van der Waals surface area contributed by atoms with Gasteiger partial charge in [0.05, 0.1) is 11.0 Å². The second kappa shape index (κ2) is 7.80. The van der Waals surface area contributed by atoms with Crippen molar-refractivity contribution in [2.45, 2.75) is 43.0 Å². The van der Waals surface area contributed by atoms with Crippen LogP contribution in [0.5, 0.6) is 0 Å². The first-order valence-electron chi connectivity index (χ1n) is 7.36. The molecule has 5 heteroatoms. The summed E-state index contributed by atoms with van der Waals surface area (Å²) in [5.41, 5.74) is 6.51. The van der Waals surface area contributed by atoms with E-state index in [9.17, 15) is 4.79 Å². The zero-order chi connectivity index (χ0) is 15.2. The molecule has 3 nitrogen and oxygen atoms in total. The van der Waals surface area contributed by atoms with Crippen molar-refractivity contribution in [3.63, 3.8) is 0 Å². The topological polar surface area (TPSA) is 55.1 Å². The minimum Gasteiger partial charge on any atom is -0.392 e. The fourth-order valence-corrected chi connectivity index (χ4v) is 3.52. The second-order valence-corrected chi connectivity index (χ2v) is 6.83. The van der Waals surface area contributed by atoms with E-state index in [1.165, 1.54) is 19.3 Å². The average Bonchev–Trinajstić information content (AvgIpc) is 2.53. The fraction of sp³-hybridized carbons (Fsp3) is 0.500. The monoisotopic (exact) mass is 322 g/mol. The summed E-state index contributed by atoms with van der Waals surface area (Å²) in [6.45, 7) is 0. The largest absolute Gasteiger partial charge is 0.392 e. The number of benzene rings is 1. The summed E-state index contributed by atoms with van der Waals surface area (Å²) in [6.07, 6.45) is 7.86. The van der Waals surface area contributed by atoms with Crippen LogP contribution in [0.2, 0.25) is 0 Å². The summed E-state index contributed by atoms with van der Waals surface area (Å²) < 4.78 is 0. The van der Waals surface area contributed by atoms with Crippen molar-refractivity contribution in [1.82, 2.24) is 5.32 Å². The van der Waals surface area contributed by atoms with Gasteiger partial charge in [-0.1, -0.05) is 31.5 Å². The van der Waals surface area contributed by atoms with Gasteiger partial charge in [-0.2, -0.15) is 0 Å². The van der Waals surface area contributed by atoms with E-state index in [4.69, 9.17) is 18.0 Å². The van der Waals surface area contributed by atoms with Gasteiger partial charge in [-0.05, 0) is 49.3 Å². The number of nitrogens with two attached hydrogens (primary N) is 1. The minimum absolute atomic E-state index is 0.0916. The zero-order valence-electron chi connectivity index (χ0n) is 12.3. The van der Waals surface area contributed by atoms with E-state index in [2.05, 4.69) is 5.32 Å². The van der Waals surface area contributed by atoms with Crippen molar-refractivity contribution in [2.75, 3.05) is 6.26 Å². The predicted molar refractivity (Wildman–Crippen MR) is 92.8 cm³/mol. The molecule has 21 heavy (non-hydrogen) atoms. The highest BCUT2D eigenvalue weighted by Crippen LogP contribution is 2.27. The second-order valence-electron chi connectivity index (χ2n) is 5.48. The molecule has 0 spiro atoms. The van der Waals surface area contributed by atoms with Gasteiger partial charge in [0.1, 0.15) is 0 Å². The van der Waals surface area contributed by atoms with Crippen molar-refractivity contribution in [2.24, 2.45) is 11.7 Å². The molecule has 1 aromatic carbocycles. The Bertz CT molecular complexity index is 496. The van der Waals surface area contributed by atoms with Crippen LogP contribution in [-0.2, 0) is 0 Å². The van der Waals surface area contributed by atoms with E-state index in [1.54, 1.807) is 11.8 Å². The van der Waals surface area contributed by atoms with Crippen LogP contribution >= 0.6 is 24.0 Å². The molecule has 1 aromatic rings. The molecule has 0 aliphatic heterocycles. The van der Waals surface area contributed by atoms with Crippen LogP contribution in [0, 0.1) is 5.92 Å². The zero-order valence-corrected chi connectivity index (χ0v) is 13.9. The third-order valence-electron chi connectivity index (χ3n) is 4.07. The summed E-state index contributed by atoms with van der Waals surface area (Å²) in [5.74, 6) is 0.289. The molecule has 1 atom stereocenters. The molecule has 1 aliphatic carbocycles. The molecule has 0 radical (unpaired) electrons. The average molecular weight is 322 g/mol. The molecule has 2 rings (SSSR count). The Hall–Kier alpha value is -1.07. The Morgan fingerprint density at radius 2 is 1.90 bits per heavy atom. The maximum absolute atomic E-state index is 12.4. The first kappa shape index (κ1) is 16.3. The lowest BCUT2D eigenvalue weighted by molar-refractivity contribution is 0.0932. The number of thioether (sulfide) groups is 1. The SMILES string of the molecule is CSc1ccc(C(=O)NC(C(N)=S)C2CCCCC2)cc1. The molecule has 1 fully saturated rings. The Morgan fingerprint density at radius 3 is 2.43 bits per heavy atom. The minimum atomic E-state index is -0.187. The Kier molecular flexibility index (Phi) is 6.06. The molecule has 114 valence electrons. The van der Waals surface area contributed by atoms with Crippen molar-refractivity contribution >= 4 is 34.9 Å². The van der Waals surface area contributed by atoms with Crippen LogP contribution in [0.25, 0.3) is 0 Å². The summed E-state index contributed by atoms with van der Waals surface area (Å²) in [4.78, 5) is 13.9. The molecule has 1 aliphatic rings. The van der Waals surface area contributed by atoms with Gasteiger partial charge >= 0.3 is 0 Å². The number of carbonyl (C=O) groups excluding carboxylic acids is 1. The molecular formula is C16H22N2OS2. The van der Waals surface area contributed by atoms with Gasteiger partial charge in [0.15, 0.2) is 0 Å². The number of rotatable bonds is 5. The lowest BCUT2D eigenvalue weighted by Crippen LogP contribution is -2.48. The van der Waals surface area contributed by atoms with Crippen LogP contribution in [0.4, 0.5) is 0 Å². The van der Waals surface area contributed by atoms with Crippen molar-refractivity contribution < 1.29 is 4.79 Å². The smallest absolute Gasteiger partial charge is 0.251 e. The van der Waals surface area contributed by atoms with E-state index in [1.807, 2.05) is 30.5 Å². The number of hydrogen-bond acceptors (Lipinski definition) is 3. The van der Waals surface area contributed by atoms with Gasteiger partial charge in [0.2, 0.25) is 0 Å². The van der Waals surface area contributed by atoms with E-state index in [0.717, 1.165) is 17.7 Å². The maximum atomic E-state index is 12.4. The van der Waals surface area contributed by atoms with Crippen molar-refractivity contribution in [1.29, 1.82) is 0 Å². The summed E-state index contributed by atoms with van der Waals surface area (Å²) in [5, 5.41) is 3.03. The van der Waals surface area contributed by atoms with Gasteiger partial charge in [-0.3, -0.25) is 4.79 Å². The fourth-order valence-electron chi connectivity index (χ4n) is 2.86. The molecular weight excluding hydrogens is 300 g/mol. The van der Waals surface area contributed by atoms with E-state index < -0.39 is 0 Å². The Balaban J connectivity index is 2.04. The lowest BCUT2D eigenvalue weighted by Gasteiger charge is -2.30. The summed E-state index contributed by atoms with van der Waals surface area (Å²) in [7, 11) is 0. The van der Waals surface area contributed by atoms with Crippen LogP contribution in [0.1, 0.15) is 42.5 Å². The first-order chi connectivity index (χ1) is 10.1. The number of thiocarbonyl (C=S) groups is 1. The first-order valence-corrected chi connectivity index (χ1v) is 8.99. The summed E-state index contributed by atoms with van der Waals surface area (Å²) >= 11 is 6.82. The molecule has 1 saturated carbocycles. The molecule has 0 aromatic heterocycles. The number of hydrogen-bond donors (Lipinski definition) is 2. The maximum Gasteiger partial charge on any atom is 0.251 e. The molecule has 3 N–H and O–H groups in total. The van der Waals surface area contributed by atoms with Crippen molar-refractivity contribution in [3.05, 3.63) is 29.8 Å². The van der Waals surface area contributed by atoms with Crippen LogP contribution < -0.4 is 11.1 Å². The van der Waals surface area contributed by atoms with Gasteiger partial charge in [0, 0.05) is 10.5 Å². The quantitative estimate of drug-likeness (QED) is 0.644. The van der Waals surface area contributed by atoms with Gasteiger partial charge < -0.3 is 11.1 Å². The lowest BCUT2D eigenvalue weighted by atomic mass is 9.83. The number of amides is 1. The standard InChI is InChI=1S/C16H22N2OS2/c1-21-13-9-7-12(8-10-13)16(19)18-14(15(17)20)11-5-3-2-4-6-11/h7-11,14H,2-6H2,1H3,(H2,17,20)(H,18,19). The highest BCUT2D eigenvalue weighted by atomic mass is 32.2. The molecule has 0 saturated heterocycles. The Labute approximate surface area is 136 Å². The van der Waals surface area contributed by atoms with Crippen LogP contribution in [0.3, 0.4) is 0 Å². The van der Waals surface area contributed by atoms with E-state index in [-0.39, 0.29) is 11.9 Å². The van der Waals surface area contributed by atoms with E-state index >= 15 is 0 Å². The molecule has 1 amide bonds. The van der Waals surface area contributed by atoms with Gasteiger partial charge in [-0.25, -0.2) is 0 Å². The third-order valence-corrected chi connectivity index (χ3v) is 5.06. The molecule has 0 heterocycles. The van der Waals surface area contributed by atoms with E-state index in [0.29, 0.717) is 16.5 Å². The molecule has 0 bridgehead atoms. The molecule has 1 unspecified atom stereocenters.